The Kier molecular flexibility index (Phi) is 5.00. The standard InChI is InChI=1S/C20H15ClN2O6S/c1-22-17-9-8-16(11-18(17)29-20(22)25)30(26,27)23(12-15-3-2-10-28-15)19(24)13-4-6-14(21)7-5-13/h2-11H,12H2,1H3. The minimum Gasteiger partial charge on any atom is -0.467 e. The number of hydrogen-bond acceptors (Lipinski definition) is 6. The van der Waals surface area contributed by atoms with Crippen molar-refractivity contribution >= 4 is 38.6 Å². The molecule has 2 heterocycles. The molecule has 0 radical (unpaired) electrons. The van der Waals surface area contributed by atoms with E-state index in [1.807, 2.05) is 0 Å². The summed E-state index contributed by atoms with van der Waals surface area (Å²) < 4.78 is 39.1. The quantitative estimate of drug-likeness (QED) is 0.465. The second-order valence-corrected chi connectivity index (χ2v) is 8.76. The molecule has 0 unspecified atom stereocenters. The number of carbonyl (C=O) groups is 1. The first kappa shape index (κ1) is 20.0. The van der Waals surface area contributed by atoms with Gasteiger partial charge < -0.3 is 8.83 Å². The van der Waals surface area contributed by atoms with E-state index >= 15 is 0 Å². The Hall–Kier alpha value is -3.30. The number of carbonyl (C=O) groups excluding carboxylic acids is 1. The number of benzene rings is 2. The van der Waals surface area contributed by atoms with Crippen LogP contribution in [0.1, 0.15) is 16.1 Å². The Morgan fingerprint density at radius 2 is 1.87 bits per heavy atom. The zero-order valence-electron chi connectivity index (χ0n) is 15.6. The van der Waals surface area contributed by atoms with Crippen LogP contribution in [-0.2, 0) is 23.6 Å². The molecule has 8 nitrogen and oxygen atoms in total. The van der Waals surface area contributed by atoms with E-state index in [-0.39, 0.29) is 28.3 Å². The largest absolute Gasteiger partial charge is 0.467 e. The Bertz CT molecular complexity index is 1390. The van der Waals surface area contributed by atoms with E-state index in [0.717, 1.165) is 0 Å². The maximum Gasteiger partial charge on any atom is 0.419 e. The van der Waals surface area contributed by atoms with Gasteiger partial charge in [0.1, 0.15) is 5.76 Å². The highest BCUT2D eigenvalue weighted by molar-refractivity contribution is 7.89. The number of hydrogen-bond donors (Lipinski definition) is 0. The molecule has 2 aromatic carbocycles. The van der Waals surface area contributed by atoms with Crippen LogP contribution >= 0.6 is 11.6 Å². The third-order valence-electron chi connectivity index (χ3n) is 4.55. The first-order valence-corrected chi connectivity index (χ1v) is 10.5. The molecule has 0 spiro atoms. The van der Waals surface area contributed by atoms with Gasteiger partial charge >= 0.3 is 5.76 Å². The molecule has 4 aromatic rings. The third-order valence-corrected chi connectivity index (χ3v) is 6.53. The van der Waals surface area contributed by atoms with Crippen LogP contribution in [0.25, 0.3) is 11.1 Å². The topological polar surface area (TPSA) is 103 Å². The van der Waals surface area contributed by atoms with Crippen LogP contribution < -0.4 is 5.76 Å². The van der Waals surface area contributed by atoms with Gasteiger partial charge in [0.15, 0.2) is 5.58 Å². The molecule has 0 aliphatic heterocycles. The predicted octanol–water partition coefficient (Wildman–Crippen LogP) is 3.41. The number of aryl methyl sites for hydroxylation is 1. The number of oxazole rings is 1. The summed E-state index contributed by atoms with van der Waals surface area (Å²) in [6.07, 6.45) is 1.39. The highest BCUT2D eigenvalue weighted by atomic mass is 35.5. The lowest BCUT2D eigenvalue weighted by molar-refractivity contribution is 0.0848. The van der Waals surface area contributed by atoms with Crippen molar-refractivity contribution in [2.75, 3.05) is 0 Å². The summed E-state index contributed by atoms with van der Waals surface area (Å²) in [7, 11) is -2.80. The Balaban J connectivity index is 1.81. The fourth-order valence-corrected chi connectivity index (χ4v) is 4.45. The third kappa shape index (κ3) is 3.53. The number of fused-ring (bicyclic) bond motifs is 1. The maximum atomic E-state index is 13.4. The van der Waals surface area contributed by atoms with Crippen molar-refractivity contribution < 1.29 is 22.0 Å². The molecular weight excluding hydrogens is 432 g/mol. The monoisotopic (exact) mass is 446 g/mol. The van der Waals surface area contributed by atoms with E-state index in [9.17, 15) is 18.0 Å². The SMILES string of the molecule is Cn1c(=O)oc2cc(S(=O)(=O)N(Cc3ccco3)C(=O)c3ccc(Cl)cc3)ccc21. The number of amides is 1. The number of sulfonamides is 1. The highest BCUT2D eigenvalue weighted by Crippen LogP contribution is 2.25. The van der Waals surface area contributed by atoms with Crippen molar-refractivity contribution in [3.8, 4) is 0 Å². The average Bonchev–Trinajstić information content (AvgIpc) is 3.34. The Morgan fingerprint density at radius 3 is 2.53 bits per heavy atom. The van der Waals surface area contributed by atoms with Crippen LogP contribution in [0.15, 0.2) is 79.4 Å². The summed E-state index contributed by atoms with van der Waals surface area (Å²) in [6.45, 7) is -0.312. The van der Waals surface area contributed by atoms with Crippen molar-refractivity contribution in [3.63, 3.8) is 0 Å². The van der Waals surface area contributed by atoms with Gasteiger partial charge in [-0.15, -0.1) is 0 Å². The fourth-order valence-electron chi connectivity index (χ4n) is 2.95. The van der Waals surface area contributed by atoms with Crippen molar-refractivity contribution in [3.05, 3.63) is 87.8 Å². The number of halogens is 1. The average molecular weight is 447 g/mol. The number of aromatic nitrogens is 1. The molecule has 10 heteroatoms. The first-order valence-electron chi connectivity index (χ1n) is 8.72. The van der Waals surface area contributed by atoms with E-state index in [1.165, 1.54) is 60.3 Å². The van der Waals surface area contributed by atoms with Gasteiger partial charge in [0.2, 0.25) is 0 Å². The summed E-state index contributed by atoms with van der Waals surface area (Å²) >= 11 is 5.87. The summed E-state index contributed by atoms with van der Waals surface area (Å²) in [6, 6.07) is 13.0. The van der Waals surface area contributed by atoms with Gasteiger partial charge in [0, 0.05) is 23.7 Å². The summed E-state index contributed by atoms with van der Waals surface area (Å²) in [5.74, 6) is -1.09. The van der Waals surface area contributed by atoms with Crippen LogP contribution in [0.3, 0.4) is 0 Å². The molecule has 0 saturated carbocycles. The maximum absolute atomic E-state index is 13.4. The van der Waals surface area contributed by atoms with E-state index in [4.69, 9.17) is 20.4 Å². The smallest absolute Gasteiger partial charge is 0.419 e. The molecule has 2 aromatic heterocycles. The molecule has 30 heavy (non-hydrogen) atoms. The zero-order chi connectivity index (χ0) is 21.5. The molecule has 0 aliphatic rings. The van der Waals surface area contributed by atoms with Crippen LogP contribution in [0.5, 0.6) is 0 Å². The van der Waals surface area contributed by atoms with Gasteiger partial charge in [0.25, 0.3) is 15.9 Å². The van der Waals surface area contributed by atoms with Gasteiger partial charge in [0.05, 0.1) is 23.2 Å². The van der Waals surface area contributed by atoms with Gasteiger partial charge in [-0.1, -0.05) is 11.6 Å². The molecule has 0 aliphatic carbocycles. The second kappa shape index (κ2) is 7.51. The normalized spacial score (nSPS) is 11.7. The second-order valence-electron chi connectivity index (χ2n) is 6.46. The first-order chi connectivity index (χ1) is 14.3. The fraction of sp³-hybridized carbons (Fsp3) is 0.100. The Morgan fingerprint density at radius 1 is 1.13 bits per heavy atom. The van der Waals surface area contributed by atoms with Gasteiger partial charge in [-0.2, -0.15) is 0 Å². The van der Waals surface area contributed by atoms with Crippen molar-refractivity contribution in [1.29, 1.82) is 0 Å². The highest BCUT2D eigenvalue weighted by Gasteiger charge is 2.31. The molecule has 0 atom stereocenters. The van der Waals surface area contributed by atoms with Crippen LogP contribution in [0.4, 0.5) is 0 Å². The van der Waals surface area contributed by atoms with Crippen molar-refractivity contribution in [1.82, 2.24) is 8.87 Å². The minimum absolute atomic E-state index is 0.0977. The summed E-state index contributed by atoms with van der Waals surface area (Å²) in [5, 5.41) is 0.413. The van der Waals surface area contributed by atoms with Crippen LogP contribution in [0.2, 0.25) is 5.02 Å². The van der Waals surface area contributed by atoms with Gasteiger partial charge in [-0.25, -0.2) is 17.5 Å². The zero-order valence-corrected chi connectivity index (χ0v) is 17.2. The molecule has 1 amide bonds. The van der Waals surface area contributed by atoms with E-state index in [0.29, 0.717) is 14.8 Å². The van der Waals surface area contributed by atoms with Gasteiger partial charge in [-0.05, 0) is 48.5 Å². The molecule has 154 valence electrons. The lowest BCUT2D eigenvalue weighted by Gasteiger charge is -2.22. The number of nitrogens with zero attached hydrogens (tertiary/aromatic N) is 2. The lowest BCUT2D eigenvalue weighted by Crippen LogP contribution is -2.36. The minimum atomic E-state index is -4.31. The van der Waals surface area contributed by atoms with Crippen LogP contribution in [0, 0.1) is 0 Å². The summed E-state index contributed by atoms with van der Waals surface area (Å²) in [5.41, 5.74) is 0.669. The van der Waals surface area contributed by atoms with Crippen LogP contribution in [-0.4, -0.2) is 23.2 Å². The molecule has 4 rings (SSSR count). The predicted molar refractivity (Wildman–Crippen MR) is 109 cm³/mol. The van der Waals surface area contributed by atoms with E-state index in [1.54, 1.807) is 12.1 Å². The number of furan rings is 1. The molecular formula is C20H15ClN2O6S. The number of rotatable bonds is 5. The molecule has 0 bridgehead atoms. The van der Waals surface area contributed by atoms with E-state index in [2.05, 4.69) is 0 Å². The Labute approximate surface area is 175 Å². The lowest BCUT2D eigenvalue weighted by atomic mass is 10.2. The van der Waals surface area contributed by atoms with Crippen molar-refractivity contribution in [2.24, 2.45) is 7.05 Å². The molecule has 0 saturated heterocycles. The van der Waals surface area contributed by atoms with E-state index < -0.39 is 21.7 Å². The summed E-state index contributed by atoms with van der Waals surface area (Å²) in [4.78, 5) is 24.6. The van der Waals surface area contributed by atoms with Crippen molar-refractivity contribution in [2.45, 2.75) is 11.4 Å². The van der Waals surface area contributed by atoms with Gasteiger partial charge in [-0.3, -0.25) is 9.36 Å². The molecule has 0 N–H and O–H groups in total. The molecule has 0 fully saturated rings.